The number of Topliss-reactive ketones (excluding diaryl/α,β-unsaturated/α-hetero) is 1. The van der Waals surface area contributed by atoms with Crippen molar-refractivity contribution in [1.29, 1.82) is 0 Å². The van der Waals surface area contributed by atoms with Crippen molar-refractivity contribution < 1.29 is 13.6 Å². The Labute approximate surface area is 118 Å². The third-order valence-electron chi connectivity index (χ3n) is 4.14. The molecule has 4 heteroatoms. The van der Waals surface area contributed by atoms with Gasteiger partial charge in [0.05, 0.1) is 11.1 Å². The predicted octanol–water partition coefficient (Wildman–Crippen LogP) is 3.80. The third kappa shape index (κ3) is 2.90. The average Bonchev–Trinajstić information content (AvgIpc) is 2.67. The Morgan fingerprint density at radius 2 is 1.55 bits per heavy atom. The van der Waals surface area contributed by atoms with Gasteiger partial charge in [-0.2, -0.15) is 0 Å². The summed E-state index contributed by atoms with van der Waals surface area (Å²) in [6.07, 6.45) is 4.34. The fraction of sp³-hybridized carbons (Fsp3) is 0.562. The van der Waals surface area contributed by atoms with E-state index in [-0.39, 0.29) is 0 Å². The van der Waals surface area contributed by atoms with Crippen molar-refractivity contribution in [2.24, 2.45) is 0 Å². The van der Waals surface area contributed by atoms with Gasteiger partial charge in [-0.3, -0.25) is 9.69 Å². The van der Waals surface area contributed by atoms with Crippen LogP contribution < -0.4 is 0 Å². The van der Waals surface area contributed by atoms with Crippen LogP contribution in [-0.2, 0) is 0 Å². The average molecular weight is 281 g/mol. The van der Waals surface area contributed by atoms with Gasteiger partial charge < -0.3 is 0 Å². The number of nitrogens with zero attached hydrogens (tertiary/aromatic N) is 1. The molecular weight excluding hydrogens is 260 g/mol. The van der Waals surface area contributed by atoms with Crippen LogP contribution in [0.2, 0.25) is 0 Å². The summed E-state index contributed by atoms with van der Waals surface area (Å²) in [4.78, 5) is 14.6. The van der Waals surface area contributed by atoms with Crippen LogP contribution in [0.15, 0.2) is 18.2 Å². The van der Waals surface area contributed by atoms with E-state index in [9.17, 15) is 13.6 Å². The number of hydrogen-bond acceptors (Lipinski definition) is 2. The molecule has 1 saturated heterocycles. The molecule has 1 aromatic carbocycles. The Kier molecular flexibility index (Phi) is 4.53. The lowest BCUT2D eigenvalue weighted by Gasteiger charge is -2.36. The van der Waals surface area contributed by atoms with Gasteiger partial charge in [0.1, 0.15) is 11.6 Å². The lowest BCUT2D eigenvalue weighted by Crippen LogP contribution is -2.51. The number of carbonyl (C=O) groups is 1. The molecular formula is C16H21F2NO. The Morgan fingerprint density at radius 1 is 1.05 bits per heavy atom. The molecule has 0 unspecified atom stereocenters. The molecule has 0 aliphatic carbocycles. The van der Waals surface area contributed by atoms with Crippen LogP contribution in [-0.4, -0.2) is 29.3 Å². The van der Waals surface area contributed by atoms with Crippen LogP contribution >= 0.6 is 0 Å². The normalized spacial score (nSPS) is 17.8. The van der Waals surface area contributed by atoms with Gasteiger partial charge in [-0.1, -0.05) is 18.9 Å². The summed E-state index contributed by atoms with van der Waals surface area (Å²) in [5.41, 5.74) is -1.30. The van der Waals surface area contributed by atoms with Crippen LogP contribution in [0.4, 0.5) is 8.78 Å². The molecule has 20 heavy (non-hydrogen) atoms. The molecule has 0 amide bonds. The number of likely N-dealkylation sites (tertiary alicyclic amines) is 1. The topological polar surface area (TPSA) is 20.3 Å². The van der Waals surface area contributed by atoms with Gasteiger partial charge in [0.25, 0.3) is 0 Å². The van der Waals surface area contributed by atoms with Crippen LogP contribution in [0.1, 0.15) is 49.9 Å². The quantitative estimate of drug-likeness (QED) is 0.785. The van der Waals surface area contributed by atoms with Crippen molar-refractivity contribution in [3.8, 4) is 0 Å². The Morgan fingerprint density at radius 3 is 2.05 bits per heavy atom. The van der Waals surface area contributed by atoms with E-state index in [4.69, 9.17) is 0 Å². The molecule has 0 aromatic heterocycles. The minimum atomic E-state index is -0.882. The van der Waals surface area contributed by atoms with Gasteiger partial charge in [-0.15, -0.1) is 0 Å². The van der Waals surface area contributed by atoms with Crippen molar-refractivity contribution in [2.75, 3.05) is 13.1 Å². The molecule has 2 nitrogen and oxygen atoms in total. The summed E-state index contributed by atoms with van der Waals surface area (Å²) in [6, 6.07) is 3.55. The fourth-order valence-corrected chi connectivity index (χ4v) is 2.79. The molecule has 1 fully saturated rings. The lowest BCUT2D eigenvalue weighted by atomic mass is 9.90. The van der Waals surface area contributed by atoms with E-state index in [2.05, 4.69) is 0 Å². The van der Waals surface area contributed by atoms with Crippen LogP contribution in [0.5, 0.6) is 0 Å². The largest absolute Gasteiger partial charge is 0.292 e. The van der Waals surface area contributed by atoms with Gasteiger partial charge >= 0.3 is 0 Å². The molecule has 2 rings (SSSR count). The molecule has 0 saturated carbocycles. The minimum absolute atomic E-state index is 0.415. The maximum atomic E-state index is 13.8. The first-order valence-corrected chi connectivity index (χ1v) is 7.18. The molecule has 110 valence electrons. The standard InChI is InChI=1S/C16H21F2NO/c1-16(2,19-10-5-3-4-6-11-19)15(20)14-12(17)8-7-9-13(14)18/h7-9H,3-6,10-11H2,1-2H3. The van der Waals surface area contributed by atoms with Gasteiger partial charge in [0.15, 0.2) is 5.78 Å². The maximum absolute atomic E-state index is 13.8. The van der Waals surface area contributed by atoms with E-state index in [1.807, 2.05) is 4.90 Å². The summed E-state index contributed by atoms with van der Waals surface area (Å²) in [5.74, 6) is -2.04. The first-order chi connectivity index (χ1) is 9.44. The maximum Gasteiger partial charge on any atom is 0.188 e. The number of ketones is 1. The van der Waals surface area contributed by atoms with E-state index in [0.29, 0.717) is 0 Å². The summed E-state index contributed by atoms with van der Waals surface area (Å²) >= 11 is 0. The molecule has 0 N–H and O–H groups in total. The molecule has 1 heterocycles. The molecule has 0 radical (unpaired) electrons. The number of rotatable bonds is 3. The molecule has 1 aromatic rings. The summed E-state index contributed by atoms with van der Waals surface area (Å²) in [6.45, 7) is 5.11. The number of carbonyl (C=O) groups excluding carboxylic acids is 1. The summed E-state index contributed by atoms with van der Waals surface area (Å²) < 4.78 is 27.6. The van der Waals surface area contributed by atoms with E-state index in [1.54, 1.807) is 13.8 Å². The van der Waals surface area contributed by atoms with E-state index >= 15 is 0 Å². The predicted molar refractivity (Wildman–Crippen MR) is 74.8 cm³/mol. The SMILES string of the molecule is CC(C)(C(=O)c1c(F)cccc1F)N1CCCCCC1. The second-order valence-electron chi connectivity index (χ2n) is 5.89. The van der Waals surface area contributed by atoms with Crippen LogP contribution in [0.25, 0.3) is 0 Å². The Balaban J connectivity index is 2.30. The highest BCUT2D eigenvalue weighted by Crippen LogP contribution is 2.26. The zero-order chi connectivity index (χ0) is 14.8. The van der Waals surface area contributed by atoms with E-state index < -0.39 is 28.5 Å². The highest BCUT2D eigenvalue weighted by atomic mass is 19.1. The number of halogens is 2. The molecule has 1 aliphatic rings. The van der Waals surface area contributed by atoms with Crippen molar-refractivity contribution in [3.05, 3.63) is 35.4 Å². The second-order valence-corrected chi connectivity index (χ2v) is 5.89. The van der Waals surface area contributed by atoms with Crippen molar-refractivity contribution in [1.82, 2.24) is 4.90 Å². The number of hydrogen-bond donors (Lipinski definition) is 0. The van der Waals surface area contributed by atoms with Crippen LogP contribution in [0.3, 0.4) is 0 Å². The summed E-state index contributed by atoms with van der Waals surface area (Å²) in [7, 11) is 0. The molecule has 0 spiro atoms. The van der Waals surface area contributed by atoms with Gasteiger partial charge in [-0.25, -0.2) is 8.78 Å². The second kappa shape index (κ2) is 6.00. The van der Waals surface area contributed by atoms with Gasteiger partial charge in [0.2, 0.25) is 0 Å². The molecule has 1 aliphatic heterocycles. The minimum Gasteiger partial charge on any atom is -0.292 e. The Bertz CT molecular complexity index is 471. The zero-order valence-corrected chi connectivity index (χ0v) is 12.1. The van der Waals surface area contributed by atoms with Crippen molar-refractivity contribution in [2.45, 2.75) is 45.1 Å². The van der Waals surface area contributed by atoms with Gasteiger partial charge in [0, 0.05) is 0 Å². The van der Waals surface area contributed by atoms with Gasteiger partial charge in [-0.05, 0) is 51.9 Å². The first-order valence-electron chi connectivity index (χ1n) is 7.18. The van der Waals surface area contributed by atoms with Crippen LogP contribution in [0, 0.1) is 11.6 Å². The van der Waals surface area contributed by atoms with Crippen molar-refractivity contribution >= 4 is 5.78 Å². The monoisotopic (exact) mass is 281 g/mol. The Hall–Kier alpha value is -1.29. The fourth-order valence-electron chi connectivity index (χ4n) is 2.79. The molecule has 0 bridgehead atoms. The summed E-state index contributed by atoms with van der Waals surface area (Å²) in [5, 5.41) is 0. The van der Waals surface area contributed by atoms with E-state index in [1.165, 1.54) is 6.07 Å². The van der Waals surface area contributed by atoms with E-state index in [0.717, 1.165) is 50.9 Å². The highest BCUT2D eigenvalue weighted by Gasteiger charge is 2.37. The highest BCUT2D eigenvalue weighted by molar-refractivity contribution is 6.03. The smallest absolute Gasteiger partial charge is 0.188 e. The first kappa shape index (κ1) is 15.1. The van der Waals surface area contributed by atoms with Crippen molar-refractivity contribution in [3.63, 3.8) is 0 Å². The molecule has 0 atom stereocenters. The third-order valence-corrected chi connectivity index (χ3v) is 4.14. The lowest BCUT2D eigenvalue weighted by molar-refractivity contribution is 0.0640. The zero-order valence-electron chi connectivity index (χ0n) is 12.1. The number of benzene rings is 1.